The number of anilines is 1. The molecule has 2 N–H and O–H groups in total. The number of aliphatic imine (C=N–C) groups is 1. The molecule has 8 heteroatoms. The zero-order valence-electron chi connectivity index (χ0n) is 18.4. The molecular formula is C24H27N3O4S. The molecule has 2 aromatic carbocycles. The maximum absolute atomic E-state index is 12.7. The Bertz CT molecular complexity index is 1000. The lowest BCUT2D eigenvalue weighted by atomic mass is 9.96. The molecule has 1 amide bonds. The second-order valence-electron chi connectivity index (χ2n) is 6.93. The van der Waals surface area contributed by atoms with E-state index in [1.165, 1.54) is 11.8 Å². The third kappa shape index (κ3) is 6.13. The van der Waals surface area contributed by atoms with Crippen LogP contribution in [0.4, 0.5) is 5.69 Å². The molecule has 168 valence electrons. The van der Waals surface area contributed by atoms with E-state index in [0.717, 1.165) is 17.0 Å². The summed E-state index contributed by atoms with van der Waals surface area (Å²) in [6, 6.07) is 16.2. The van der Waals surface area contributed by atoms with Gasteiger partial charge in [0.25, 0.3) is 0 Å². The van der Waals surface area contributed by atoms with E-state index in [-0.39, 0.29) is 18.3 Å². The predicted molar refractivity (Wildman–Crippen MR) is 128 cm³/mol. The van der Waals surface area contributed by atoms with E-state index < -0.39 is 12.0 Å². The number of carbonyl (C=O) groups is 2. The fourth-order valence-electron chi connectivity index (χ4n) is 3.20. The first-order valence-corrected chi connectivity index (χ1v) is 11.4. The maximum atomic E-state index is 12.7. The third-order valence-corrected chi connectivity index (χ3v) is 5.51. The van der Waals surface area contributed by atoms with E-state index in [2.05, 4.69) is 10.6 Å². The number of amides is 1. The van der Waals surface area contributed by atoms with Crippen LogP contribution in [0.3, 0.4) is 0 Å². The van der Waals surface area contributed by atoms with E-state index in [4.69, 9.17) is 14.5 Å². The van der Waals surface area contributed by atoms with Crippen molar-refractivity contribution in [1.82, 2.24) is 5.32 Å². The Morgan fingerprint density at radius 1 is 1.06 bits per heavy atom. The van der Waals surface area contributed by atoms with E-state index in [1.807, 2.05) is 68.4 Å². The number of benzene rings is 2. The first kappa shape index (κ1) is 23.4. The minimum absolute atomic E-state index is 0.138. The number of para-hydroxylation sites is 1. The normalized spacial score (nSPS) is 15.5. The van der Waals surface area contributed by atoms with Crippen LogP contribution >= 0.6 is 11.8 Å². The van der Waals surface area contributed by atoms with Gasteiger partial charge in [-0.3, -0.25) is 4.79 Å². The fourth-order valence-corrected chi connectivity index (χ4v) is 3.95. The van der Waals surface area contributed by atoms with Crippen LogP contribution < -0.4 is 15.4 Å². The summed E-state index contributed by atoms with van der Waals surface area (Å²) < 4.78 is 10.8. The number of carbonyl (C=O) groups excluding carboxylic acids is 2. The molecule has 0 saturated carbocycles. The summed E-state index contributed by atoms with van der Waals surface area (Å²) in [5.74, 6) is 0.380. The molecule has 2 aromatic rings. The van der Waals surface area contributed by atoms with Crippen LogP contribution in [0.5, 0.6) is 5.75 Å². The number of esters is 1. The molecule has 1 atom stereocenters. The molecule has 0 radical (unpaired) electrons. The van der Waals surface area contributed by atoms with Gasteiger partial charge < -0.3 is 20.1 Å². The van der Waals surface area contributed by atoms with Gasteiger partial charge in [-0.05, 0) is 50.6 Å². The Morgan fingerprint density at radius 3 is 2.44 bits per heavy atom. The van der Waals surface area contributed by atoms with Gasteiger partial charge in [-0.15, -0.1) is 0 Å². The second-order valence-corrected chi connectivity index (χ2v) is 7.89. The average Bonchev–Trinajstić information content (AvgIpc) is 2.79. The first-order valence-electron chi connectivity index (χ1n) is 10.4. The predicted octanol–water partition coefficient (Wildman–Crippen LogP) is 4.29. The summed E-state index contributed by atoms with van der Waals surface area (Å²) in [5.41, 5.74) is 2.69. The van der Waals surface area contributed by atoms with Gasteiger partial charge in [0, 0.05) is 11.4 Å². The minimum atomic E-state index is -0.536. The van der Waals surface area contributed by atoms with Gasteiger partial charge in [0.2, 0.25) is 5.91 Å². The minimum Gasteiger partial charge on any atom is -0.494 e. The molecule has 1 aliphatic heterocycles. The van der Waals surface area contributed by atoms with Gasteiger partial charge in [-0.2, -0.15) is 0 Å². The van der Waals surface area contributed by atoms with Gasteiger partial charge >= 0.3 is 5.97 Å². The molecule has 0 fully saturated rings. The molecule has 0 spiro atoms. The van der Waals surface area contributed by atoms with Crippen molar-refractivity contribution in [2.24, 2.45) is 4.99 Å². The van der Waals surface area contributed by atoms with Crippen molar-refractivity contribution in [3.05, 3.63) is 71.4 Å². The average molecular weight is 454 g/mol. The van der Waals surface area contributed by atoms with E-state index in [0.29, 0.717) is 23.0 Å². The molecule has 7 nitrogen and oxygen atoms in total. The summed E-state index contributed by atoms with van der Waals surface area (Å²) in [5, 5.41) is 6.57. The highest BCUT2D eigenvalue weighted by Crippen LogP contribution is 2.33. The molecule has 3 rings (SSSR count). The van der Waals surface area contributed by atoms with Gasteiger partial charge in [0.05, 0.1) is 24.5 Å². The Balaban J connectivity index is 1.77. The molecule has 0 saturated heterocycles. The van der Waals surface area contributed by atoms with Crippen molar-refractivity contribution < 1.29 is 19.1 Å². The summed E-state index contributed by atoms with van der Waals surface area (Å²) in [4.78, 5) is 29.7. The van der Waals surface area contributed by atoms with Crippen molar-refractivity contribution in [1.29, 1.82) is 0 Å². The summed E-state index contributed by atoms with van der Waals surface area (Å²) in [6.45, 7) is 6.35. The van der Waals surface area contributed by atoms with Crippen molar-refractivity contribution in [2.45, 2.75) is 26.8 Å². The lowest BCUT2D eigenvalue weighted by Gasteiger charge is -2.25. The summed E-state index contributed by atoms with van der Waals surface area (Å²) >= 11 is 1.28. The largest absolute Gasteiger partial charge is 0.494 e. The lowest BCUT2D eigenvalue weighted by molar-refractivity contribution is -0.139. The Morgan fingerprint density at radius 2 is 1.78 bits per heavy atom. The number of ether oxygens (including phenoxy) is 2. The van der Waals surface area contributed by atoms with Crippen molar-refractivity contribution in [2.75, 3.05) is 24.3 Å². The van der Waals surface area contributed by atoms with Crippen LogP contribution in [-0.4, -0.2) is 36.0 Å². The standard InChI is InChI=1S/C24H27N3O4S/c1-4-30-19-13-11-17(12-14-19)22-21(23(29)31-5-2)16(3)25-24(27-22)32-15-20(28)26-18-9-7-6-8-10-18/h6-14,22H,4-5,15H2,1-3H3,(H,25,27)(H,26,28)/t22-/m1/s1. The number of thioether (sulfide) groups is 1. The SMILES string of the molecule is CCOC(=O)C1=C(C)NC(SCC(=O)Nc2ccccc2)=N[C@@H]1c1ccc(OCC)cc1. The van der Waals surface area contributed by atoms with Crippen LogP contribution in [0.2, 0.25) is 0 Å². The van der Waals surface area contributed by atoms with E-state index >= 15 is 0 Å². The molecule has 32 heavy (non-hydrogen) atoms. The van der Waals surface area contributed by atoms with Gasteiger partial charge in [-0.1, -0.05) is 42.1 Å². The lowest BCUT2D eigenvalue weighted by Crippen LogP contribution is -2.31. The zero-order chi connectivity index (χ0) is 22.9. The smallest absolute Gasteiger partial charge is 0.338 e. The molecule has 0 aliphatic carbocycles. The van der Waals surface area contributed by atoms with Crippen molar-refractivity contribution >= 4 is 34.5 Å². The number of hydrogen-bond acceptors (Lipinski definition) is 7. The van der Waals surface area contributed by atoms with Crippen LogP contribution in [-0.2, 0) is 14.3 Å². The third-order valence-electron chi connectivity index (χ3n) is 4.62. The van der Waals surface area contributed by atoms with Crippen molar-refractivity contribution in [3.63, 3.8) is 0 Å². The van der Waals surface area contributed by atoms with E-state index in [1.54, 1.807) is 6.92 Å². The molecule has 1 aliphatic rings. The highest BCUT2D eigenvalue weighted by atomic mass is 32.2. The number of rotatable bonds is 8. The summed E-state index contributed by atoms with van der Waals surface area (Å²) in [7, 11) is 0. The van der Waals surface area contributed by atoms with Crippen LogP contribution in [0.15, 0.2) is 70.9 Å². The quantitative estimate of drug-likeness (QED) is 0.580. The highest BCUT2D eigenvalue weighted by Gasteiger charge is 2.30. The second kappa shape index (κ2) is 11.4. The molecular weight excluding hydrogens is 426 g/mol. The number of amidine groups is 1. The maximum Gasteiger partial charge on any atom is 0.338 e. The fraction of sp³-hybridized carbons (Fsp3) is 0.292. The van der Waals surface area contributed by atoms with Gasteiger partial charge in [0.15, 0.2) is 5.17 Å². The molecule has 0 bridgehead atoms. The molecule has 0 aromatic heterocycles. The Hall–Kier alpha value is -3.26. The first-order chi connectivity index (χ1) is 15.5. The van der Waals surface area contributed by atoms with Crippen LogP contribution in [0, 0.1) is 0 Å². The van der Waals surface area contributed by atoms with Gasteiger partial charge in [-0.25, -0.2) is 9.79 Å². The van der Waals surface area contributed by atoms with E-state index in [9.17, 15) is 9.59 Å². The Labute approximate surface area is 192 Å². The zero-order valence-corrected chi connectivity index (χ0v) is 19.2. The van der Waals surface area contributed by atoms with Crippen LogP contribution in [0.25, 0.3) is 0 Å². The summed E-state index contributed by atoms with van der Waals surface area (Å²) in [6.07, 6.45) is 0. The van der Waals surface area contributed by atoms with Gasteiger partial charge in [0.1, 0.15) is 11.8 Å². The number of nitrogens with one attached hydrogen (secondary N) is 2. The number of nitrogens with zero attached hydrogens (tertiary/aromatic N) is 1. The van der Waals surface area contributed by atoms with Crippen molar-refractivity contribution in [3.8, 4) is 5.75 Å². The number of allylic oxidation sites excluding steroid dienone is 1. The monoisotopic (exact) mass is 453 g/mol. The topological polar surface area (TPSA) is 89.0 Å². The number of hydrogen-bond donors (Lipinski definition) is 2. The molecule has 1 heterocycles. The molecule has 0 unspecified atom stereocenters. The highest BCUT2D eigenvalue weighted by molar-refractivity contribution is 8.14. The van der Waals surface area contributed by atoms with Crippen LogP contribution in [0.1, 0.15) is 32.4 Å². The Kier molecular flexibility index (Phi) is 8.33.